The predicted octanol–water partition coefficient (Wildman–Crippen LogP) is 7.31. The van der Waals surface area contributed by atoms with Gasteiger partial charge in [-0.25, -0.2) is 0 Å². The molecular weight excluding hydrogens is 528 g/mol. The number of carbonyl (C=O) groups is 2. The Morgan fingerprint density at radius 3 is 1.16 bits per heavy atom. The van der Waals surface area contributed by atoms with Crippen molar-refractivity contribution < 1.29 is 9.59 Å². The molecule has 0 heterocycles. The molecule has 0 aromatic heterocycles. The lowest BCUT2D eigenvalue weighted by Gasteiger charge is -2.29. The van der Waals surface area contributed by atoms with E-state index in [4.69, 9.17) is 0 Å². The molecule has 4 aromatic rings. The fourth-order valence-electron chi connectivity index (χ4n) is 4.76. The molecule has 2 nitrogen and oxygen atoms in total. The van der Waals surface area contributed by atoms with Crippen LogP contribution in [-0.4, -0.2) is 11.6 Å². The average molecular weight is 542 g/mol. The summed E-state index contributed by atoms with van der Waals surface area (Å²) in [5.74, 6) is 0.0316. The van der Waals surface area contributed by atoms with Gasteiger partial charge in [0.25, 0.3) is 0 Å². The number of benzene rings is 4. The van der Waals surface area contributed by atoms with Crippen LogP contribution in [-0.2, 0) is 0 Å². The summed E-state index contributed by atoms with van der Waals surface area (Å²) in [5.41, 5.74) is 8.13. The van der Waals surface area contributed by atoms with Crippen molar-refractivity contribution >= 4 is 54.6 Å². The van der Waals surface area contributed by atoms with E-state index in [2.05, 4.69) is 31.9 Å². The Labute approximate surface area is 201 Å². The van der Waals surface area contributed by atoms with Crippen LogP contribution in [0.15, 0.2) is 93.9 Å². The Balaban J connectivity index is 1.85. The second-order valence-electron chi connectivity index (χ2n) is 7.88. The van der Waals surface area contributed by atoms with Crippen LogP contribution in [0.3, 0.4) is 0 Å². The zero-order valence-electron chi connectivity index (χ0n) is 16.7. The van der Waals surface area contributed by atoms with Crippen LogP contribution < -0.4 is 0 Å². The van der Waals surface area contributed by atoms with Crippen molar-refractivity contribution in [3.63, 3.8) is 0 Å². The number of hydrogen-bond acceptors (Lipinski definition) is 2. The van der Waals surface area contributed by atoms with Crippen LogP contribution in [0.25, 0.3) is 11.1 Å². The van der Waals surface area contributed by atoms with Gasteiger partial charge in [0.1, 0.15) is 0 Å². The number of fused-ring (bicyclic) bond motifs is 4. The van der Waals surface area contributed by atoms with Gasteiger partial charge in [-0.2, -0.15) is 0 Å². The molecule has 0 N–H and O–H groups in total. The van der Waals surface area contributed by atoms with Crippen LogP contribution in [0.2, 0.25) is 0 Å². The Morgan fingerprint density at radius 1 is 0.406 bits per heavy atom. The van der Waals surface area contributed by atoms with Crippen molar-refractivity contribution in [3.8, 4) is 0 Å². The molecule has 2 aliphatic carbocycles. The third-order valence-corrected chi connectivity index (χ3v) is 7.11. The molecule has 0 bridgehead atoms. The molecule has 4 heteroatoms. The lowest BCUT2D eigenvalue weighted by atomic mass is 9.73. The van der Waals surface area contributed by atoms with Crippen LogP contribution in [0, 0.1) is 0 Å². The van der Waals surface area contributed by atoms with E-state index in [1.807, 2.05) is 84.9 Å². The maximum atomic E-state index is 13.3. The molecule has 152 valence electrons. The van der Waals surface area contributed by atoms with Crippen molar-refractivity contribution in [2.45, 2.75) is 0 Å². The zero-order chi connectivity index (χ0) is 22.0. The summed E-state index contributed by atoms with van der Waals surface area (Å²) in [6.07, 6.45) is 0. The largest absolute Gasteiger partial charge is 0.289 e. The van der Waals surface area contributed by atoms with Gasteiger partial charge >= 0.3 is 0 Å². The fourth-order valence-corrected chi connectivity index (χ4v) is 5.48. The first-order valence-electron chi connectivity index (χ1n) is 10.2. The van der Waals surface area contributed by atoms with E-state index >= 15 is 0 Å². The topological polar surface area (TPSA) is 34.1 Å². The molecule has 0 saturated heterocycles. The first-order chi connectivity index (χ1) is 15.5. The molecule has 0 spiro atoms. The van der Waals surface area contributed by atoms with Crippen molar-refractivity contribution in [2.24, 2.45) is 0 Å². The summed E-state index contributed by atoms with van der Waals surface area (Å²) in [4.78, 5) is 26.7. The molecule has 0 atom stereocenters. The number of rotatable bonds is 0. The molecule has 0 saturated carbocycles. The fraction of sp³-hybridized carbons (Fsp3) is 0. The van der Waals surface area contributed by atoms with E-state index < -0.39 is 0 Å². The van der Waals surface area contributed by atoms with Gasteiger partial charge in [0.05, 0.1) is 0 Å². The molecule has 0 fully saturated rings. The van der Waals surface area contributed by atoms with Crippen LogP contribution >= 0.6 is 31.9 Å². The maximum absolute atomic E-state index is 13.3. The molecule has 0 radical (unpaired) electrons. The Hall–Kier alpha value is -3.08. The Morgan fingerprint density at radius 2 is 0.750 bits per heavy atom. The van der Waals surface area contributed by atoms with Crippen molar-refractivity contribution in [2.75, 3.05) is 0 Å². The minimum absolute atomic E-state index is 0.0158. The van der Waals surface area contributed by atoms with E-state index in [1.165, 1.54) is 0 Å². The number of halogens is 2. The van der Waals surface area contributed by atoms with Gasteiger partial charge in [-0.1, -0.05) is 80.4 Å². The molecular formula is C28H14Br2O2. The van der Waals surface area contributed by atoms with E-state index in [0.717, 1.165) is 42.3 Å². The highest BCUT2D eigenvalue weighted by Gasteiger charge is 2.34. The van der Waals surface area contributed by atoms with E-state index in [9.17, 15) is 9.59 Å². The van der Waals surface area contributed by atoms with Gasteiger partial charge < -0.3 is 0 Å². The lowest BCUT2D eigenvalue weighted by molar-refractivity contribution is 0.102. The van der Waals surface area contributed by atoms with Crippen molar-refractivity contribution in [3.05, 3.63) is 138 Å². The minimum atomic E-state index is 0.0158. The lowest BCUT2D eigenvalue weighted by Crippen LogP contribution is -2.19. The second kappa shape index (κ2) is 7.22. The summed E-state index contributed by atoms with van der Waals surface area (Å²) in [6.45, 7) is 0. The summed E-state index contributed by atoms with van der Waals surface area (Å²) in [5, 5.41) is 0. The zero-order valence-corrected chi connectivity index (χ0v) is 19.8. The van der Waals surface area contributed by atoms with Gasteiger partial charge in [-0.3, -0.25) is 9.59 Å². The van der Waals surface area contributed by atoms with Crippen LogP contribution in [0.4, 0.5) is 0 Å². The average Bonchev–Trinajstić information content (AvgIpc) is 2.81. The highest BCUT2D eigenvalue weighted by atomic mass is 79.9. The van der Waals surface area contributed by atoms with Crippen LogP contribution in [0.5, 0.6) is 0 Å². The predicted molar refractivity (Wildman–Crippen MR) is 133 cm³/mol. The van der Waals surface area contributed by atoms with Gasteiger partial charge in [-0.05, 0) is 69.8 Å². The third-order valence-electron chi connectivity index (χ3n) is 6.12. The van der Waals surface area contributed by atoms with Gasteiger partial charge in [-0.15, -0.1) is 0 Å². The number of ketones is 2. The van der Waals surface area contributed by atoms with Gasteiger partial charge in [0.2, 0.25) is 0 Å². The molecule has 6 rings (SSSR count). The second-order valence-corrected chi connectivity index (χ2v) is 9.71. The maximum Gasteiger partial charge on any atom is 0.194 e. The summed E-state index contributed by atoms with van der Waals surface area (Å²) < 4.78 is 1.80. The quantitative estimate of drug-likeness (QED) is 0.202. The third kappa shape index (κ3) is 2.76. The van der Waals surface area contributed by atoms with Crippen molar-refractivity contribution in [1.82, 2.24) is 0 Å². The van der Waals surface area contributed by atoms with Gasteiger partial charge in [0, 0.05) is 31.2 Å². The Kier molecular flexibility index (Phi) is 4.42. The Bertz CT molecular complexity index is 1410. The van der Waals surface area contributed by atoms with E-state index in [1.54, 1.807) is 0 Å². The standard InChI is InChI=1S/C28H14Br2O2/c29-15-9-11-21-23(13-15)25(17-5-1-3-7-19(17)27(21)31)26-18-6-2-4-8-20(18)28(32)22-12-10-16(30)14-24(22)26/h1-14H/b26-25+. The SMILES string of the molecule is O=C1c2ccccc2/C(=C2/c3ccccc3C(=O)c3ccc(Br)cc32)c2cc(Br)ccc21. The molecule has 4 aromatic carbocycles. The first kappa shape index (κ1) is 19.6. The summed E-state index contributed by atoms with van der Waals surface area (Å²) in [6, 6.07) is 27.0. The first-order valence-corrected chi connectivity index (χ1v) is 11.8. The van der Waals surface area contributed by atoms with E-state index in [-0.39, 0.29) is 11.6 Å². The summed E-state index contributed by atoms with van der Waals surface area (Å²) in [7, 11) is 0. The minimum Gasteiger partial charge on any atom is -0.289 e. The molecule has 0 amide bonds. The highest BCUT2D eigenvalue weighted by molar-refractivity contribution is 9.10. The van der Waals surface area contributed by atoms with Crippen molar-refractivity contribution in [1.29, 1.82) is 0 Å². The molecule has 2 aliphatic rings. The number of carbonyl (C=O) groups excluding carboxylic acids is 2. The van der Waals surface area contributed by atoms with Gasteiger partial charge in [0.15, 0.2) is 11.6 Å². The number of hydrogen-bond donors (Lipinski definition) is 0. The monoisotopic (exact) mass is 540 g/mol. The molecule has 32 heavy (non-hydrogen) atoms. The molecule has 0 unspecified atom stereocenters. The smallest absolute Gasteiger partial charge is 0.194 e. The van der Waals surface area contributed by atoms with E-state index in [0.29, 0.717) is 22.3 Å². The summed E-state index contributed by atoms with van der Waals surface area (Å²) >= 11 is 7.18. The highest BCUT2D eigenvalue weighted by Crippen LogP contribution is 2.47. The van der Waals surface area contributed by atoms with Crippen LogP contribution in [0.1, 0.15) is 54.1 Å². The molecule has 0 aliphatic heterocycles. The normalized spacial score (nSPS) is 16.2.